The van der Waals surface area contributed by atoms with Gasteiger partial charge in [0.1, 0.15) is 0 Å². The van der Waals surface area contributed by atoms with Crippen LogP contribution < -0.4 is 0 Å². The van der Waals surface area contributed by atoms with Gasteiger partial charge in [0.15, 0.2) is 0 Å². The summed E-state index contributed by atoms with van der Waals surface area (Å²) in [5.74, 6) is 2.65. The molecule has 1 aromatic carbocycles. The van der Waals surface area contributed by atoms with E-state index in [2.05, 4.69) is 95.1 Å². The Labute approximate surface area is 207 Å². The number of hydrogen-bond acceptors (Lipinski definition) is 1. The van der Waals surface area contributed by atoms with Gasteiger partial charge in [-0.2, -0.15) is 0 Å². The Bertz CT molecular complexity index is 1110. The van der Waals surface area contributed by atoms with Crippen molar-refractivity contribution in [3.8, 4) is 0 Å². The van der Waals surface area contributed by atoms with Crippen LogP contribution >= 0.6 is 0 Å². The molecule has 34 heavy (non-hydrogen) atoms. The Balaban J connectivity index is 1.56. The molecule has 2 heteroatoms. The van der Waals surface area contributed by atoms with Crippen LogP contribution in [-0.2, 0) is 0 Å². The highest BCUT2D eigenvalue weighted by atomic mass is 14.8. The molecule has 0 radical (unpaired) electrons. The van der Waals surface area contributed by atoms with Gasteiger partial charge in [-0.3, -0.25) is 0 Å². The van der Waals surface area contributed by atoms with E-state index >= 15 is 0 Å². The molecule has 1 aliphatic carbocycles. The Morgan fingerprint density at radius 3 is 2.32 bits per heavy atom. The highest BCUT2D eigenvalue weighted by molar-refractivity contribution is 6.10. The molecule has 0 amide bonds. The highest BCUT2D eigenvalue weighted by Gasteiger charge is 2.24. The van der Waals surface area contributed by atoms with Crippen LogP contribution in [0.25, 0.3) is 11.6 Å². The number of rotatable bonds is 7. The predicted molar refractivity (Wildman–Crippen MR) is 148 cm³/mol. The van der Waals surface area contributed by atoms with E-state index < -0.39 is 0 Å². The number of hydrogen-bond donors (Lipinski definition) is 1. The first-order chi connectivity index (χ1) is 16.3. The van der Waals surface area contributed by atoms with Gasteiger partial charge in [-0.15, -0.1) is 0 Å². The van der Waals surface area contributed by atoms with Gasteiger partial charge >= 0.3 is 0 Å². The monoisotopic (exact) mass is 454 g/mol. The van der Waals surface area contributed by atoms with Crippen LogP contribution in [0, 0.1) is 38.5 Å². The summed E-state index contributed by atoms with van der Waals surface area (Å²) in [5, 5.41) is 0. The van der Waals surface area contributed by atoms with Gasteiger partial charge in [-0.25, -0.2) is 4.99 Å². The van der Waals surface area contributed by atoms with Gasteiger partial charge in [-0.1, -0.05) is 56.2 Å². The topological polar surface area (TPSA) is 28.1 Å². The minimum Gasteiger partial charge on any atom is -0.359 e. The third-order valence-corrected chi connectivity index (χ3v) is 7.56. The second-order valence-electron chi connectivity index (χ2n) is 11.1. The lowest BCUT2D eigenvalue weighted by Gasteiger charge is -2.31. The van der Waals surface area contributed by atoms with Gasteiger partial charge < -0.3 is 4.98 Å². The Morgan fingerprint density at radius 1 is 0.971 bits per heavy atom. The smallest absolute Gasteiger partial charge is 0.0719 e. The molecule has 1 aliphatic heterocycles. The van der Waals surface area contributed by atoms with Crippen molar-refractivity contribution in [1.82, 2.24) is 4.98 Å². The minimum atomic E-state index is 0.882. The van der Waals surface area contributed by atoms with E-state index in [9.17, 15) is 0 Å². The second-order valence-corrected chi connectivity index (χ2v) is 11.1. The first-order valence-electron chi connectivity index (χ1n) is 13.2. The first-order valence-corrected chi connectivity index (χ1v) is 13.2. The van der Waals surface area contributed by atoms with Crippen LogP contribution in [0.2, 0.25) is 0 Å². The van der Waals surface area contributed by atoms with Crippen molar-refractivity contribution in [2.75, 3.05) is 0 Å². The summed E-state index contributed by atoms with van der Waals surface area (Å²) < 4.78 is 0. The van der Waals surface area contributed by atoms with Crippen molar-refractivity contribution < 1.29 is 0 Å². The molecule has 0 bridgehead atoms. The average molecular weight is 455 g/mol. The van der Waals surface area contributed by atoms with Crippen LogP contribution in [0.4, 0.5) is 0 Å². The maximum Gasteiger partial charge on any atom is 0.0719 e. The number of allylic oxidation sites excluding steroid dienone is 4. The third kappa shape index (κ3) is 6.09. The van der Waals surface area contributed by atoms with E-state index in [-0.39, 0.29) is 0 Å². The molecule has 180 valence electrons. The summed E-state index contributed by atoms with van der Waals surface area (Å²) in [6.07, 6.45) is 14.4. The number of aliphatic imine (C=N–C) groups is 1. The van der Waals surface area contributed by atoms with Crippen molar-refractivity contribution in [3.05, 3.63) is 81.8 Å². The molecule has 2 nitrogen and oxygen atoms in total. The lowest BCUT2D eigenvalue weighted by molar-refractivity contribution is 0.208. The number of nitrogens with zero attached hydrogens (tertiary/aromatic N) is 1. The molecule has 2 aromatic rings. The van der Waals surface area contributed by atoms with Crippen molar-refractivity contribution in [2.24, 2.45) is 22.7 Å². The Morgan fingerprint density at radius 2 is 1.68 bits per heavy atom. The number of H-pyrrole nitrogens is 1. The van der Waals surface area contributed by atoms with Crippen molar-refractivity contribution in [2.45, 2.75) is 80.1 Å². The molecule has 2 unspecified atom stereocenters. The lowest BCUT2D eigenvalue weighted by Crippen LogP contribution is -2.19. The number of aryl methyl sites for hydroxylation is 3. The zero-order valence-electron chi connectivity index (χ0n) is 22.0. The van der Waals surface area contributed by atoms with E-state index in [0.29, 0.717) is 0 Å². The summed E-state index contributed by atoms with van der Waals surface area (Å²) in [5.41, 5.74) is 11.2. The van der Waals surface area contributed by atoms with Gasteiger partial charge in [0.25, 0.3) is 0 Å². The highest BCUT2D eigenvalue weighted by Crippen LogP contribution is 2.38. The van der Waals surface area contributed by atoms with E-state index in [1.165, 1.54) is 77.0 Å². The average Bonchev–Trinajstić information content (AvgIpc) is 3.31. The fourth-order valence-corrected chi connectivity index (χ4v) is 6.11. The molecule has 2 atom stereocenters. The van der Waals surface area contributed by atoms with Crippen LogP contribution in [-0.4, -0.2) is 10.7 Å². The first kappa shape index (κ1) is 24.5. The van der Waals surface area contributed by atoms with Crippen LogP contribution in [0.5, 0.6) is 0 Å². The second kappa shape index (κ2) is 10.8. The van der Waals surface area contributed by atoms with E-state index in [4.69, 9.17) is 4.99 Å². The predicted octanol–water partition coefficient (Wildman–Crippen LogP) is 9.01. The number of nitrogens with one attached hydrogen (secondary N) is 1. The molecular formula is C32H42N2. The number of benzene rings is 1. The van der Waals surface area contributed by atoms with E-state index in [1.54, 1.807) is 0 Å². The largest absolute Gasteiger partial charge is 0.359 e. The summed E-state index contributed by atoms with van der Waals surface area (Å²) in [6.45, 7) is 13.6. The Kier molecular flexibility index (Phi) is 7.76. The molecule has 0 saturated heterocycles. The molecular weight excluding hydrogens is 412 g/mol. The molecule has 2 aliphatic rings. The van der Waals surface area contributed by atoms with Crippen LogP contribution in [0.3, 0.4) is 0 Å². The van der Waals surface area contributed by atoms with Crippen LogP contribution in [0.1, 0.15) is 87.4 Å². The molecule has 1 N–H and O–H groups in total. The minimum absolute atomic E-state index is 0.882. The SMILES string of the molecule is CC1=CC(/C=C/c2ccc(C)cc2)=NC/1=C(/CCCC1CC(C)CC(C)C1)c1[nH]c(C)cc1C. The zero-order valence-corrected chi connectivity index (χ0v) is 22.0. The summed E-state index contributed by atoms with van der Waals surface area (Å²) in [4.78, 5) is 8.77. The van der Waals surface area contributed by atoms with Gasteiger partial charge in [0.2, 0.25) is 0 Å². The van der Waals surface area contributed by atoms with Crippen molar-refractivity contribution in [1.29, 1.82) is 0 Å². The standard InChI is InChI=1S/C32H42N2/c1-21-10-12-27(13-11-21)14-15-29-20-25(5)32(34-29)30(31-24(4)19-26(6)33-31)9-7-8-28-17-22(2)16-23(3)18-28/h10-15,19-20,22-23,28,33H,7-9,16-18H2,1-6H3/b15-14+,32-30-. The normalized spacial score (nSPS) is 24.5. The maximum atomic E-state index is 5.12. The Hall–Kier alpha value is -2.61. The molecule has 1 saturated carbocycles. The van der Waals surface area contributed by atoms with E-state index in [0.717, 1.165) is 29.9 Å². The fraction of sp³-hybridized carbons (Fsp3) is 0.469. The van der Waals surface area contributed by atoms with E-state index in [1.807, 2.05) is 0 Å². The van der Waals surface area contributed by atoms with Gasteiger partial charge in [-0.05, 0) is 112 Å². The van der Waals surface area contributed by atoms with Crippen molar-refractivity contribution >= 4 is 17.4 Å². The maximum absolute atomic E-state index is 5.12. The third-order valence-electron chi connectivity index (χ3n) is 7.56. The summed E-state index contributed by atoms with van der Waals surface area (Å²) in [6, 6.07) is 10.9. The number of aromatic amines is 1. The molecule has 1 aromatic heterocycles. The summed E-state index contributed by atoms with van der Waals surface area (Å²) in [7, 11) is 0. The number of aromatic nitrogens is 1. The summed E-state index contributed by atoms with van der Waals surface area (Å²) >= 11 is 0. The van der Waals surface area contributed by atoms with Crippen LogP contribution in [0.15, 0.2) is 58.7 Å². The zero-order chi connectivity index (χ0) is 24.2. The quantitative estimate of drug-likeness (QED) is 0.432. The fourth-order valence-electron chi connectivity index (χ4n) is 6.11. The molecule has 4 rings (SSSR count). The molecule has 1 fully saturated rings. The van der Waals surface area contributed by atoms with Gasteiger partial charge in [0.05, 0.1) is 11.4 Å². The lowest BCUT2D eigenvalue weighted by atomic mass is 9.75. The molecule has 0 spiro atoms. The molecule has 2 heterocycles. The van der Waals surface area contributed by atoms with Crippen molar-refractivity contribution in [3.63, 3.8) is 0 Å². The van der Waals surface area contributed by atoms with Gasteiger partial charge in [0, 0.05) is 17.0 Å².